The first-order valence-corrected chi connectivity index (χ1v) is 10.2. The highest BCUT2D eigenvalue weighted by Gasteiger charge is 2.26. The number of halogens is 3. The van der Waals surface area contributed by atoms with Crippen molar-refractivity contribution in [1.82, 2.24) is 9.88 Å². The summed E-state index contributed by atoms with van der Waals surface area (Å²) >= 11 is 0. The van der Waals surface area contributed by atoms with E-state index in [1.807, 2.05) is 22.8 Å². The van der Waals surface area contributed by atoms with Gasteiger partial charge < -0.3 is 10.0 Å². The van der Waals surface area contributed by atoms with E-state index >= 15 is 0 Å². The monoisotopic (exact) mass is 427 g/mol. The van der Waals surface area contributed by atoms with Gasteiger partial charge in [-0.2, -0.15) is 0 Å². The molecule has 1 unspecified atom stereocenters. The van der Waals surface area contributed by atoms with Gasteiger partial charge in [-0.3, -0.25) is 9.88 Å². The van der Waals surface area contributed by atoms with Crippen molar-refractivity contribution in [3.05, 3.63) is 94.6 Å². The third kappa shape index (κ3) is 4.57. The normalized spacial score (nSPS) is 15.8. The van der Waals surface area contributed by atoms with Crippen molar-refractivity contribution in [2.24, 2.45) is 0 Å². The number of hydrogen-bond acceptors (Lipinski definition) is 4. The summed E-state index contributed by atoms with van der Waals surface area (Å²) in [6, 6.07) is 11.8. The first-order valence-electron chi connectivity index (χ1n) is 10.2. The summed E-state index contributed by atoms with van der Waals surface area (Å²) < 4.78 is 42.3. The van der Waals surface area contributed by atoms with Crippen LogP contribution in [0.1, 0.15) is 28.5 Å². The Morgan fingerprint density at radius 3 is 2.48 bits per heavy atom. The van der Waals surface area contributed by atoms with Gasteiger partial charge in [-0.05, 0) is 42.8 Å². The van der Waals surface area contributed by atoms with Gasteiger partial charge in [-0.25, -0.2) is 13.2 Å². The second-order valence-electron chi connectivity index (χ2n) is 7.78. The largest absolute Gasteiger partial charge is 0.382 e. The Bertz CT molecular complexity index is 1070. The number of benzene rings is 2. The molecule has 1 aliphatic rings. The van der Waals surface area contributed by atoms with Gasteiger partial charge >= 0.3 is 0 Å². The van der Waals surface area contributed by atoms with E-state index in [1.165, 1.54) is 12.1 Å². The molecule has 0 spiro atoms. The van der Waals surface area contributed by atoms with Crippen molar-refractivity contribution in [3.8, 4) is 0 Å². The Balaban J connectivity index is 1.52. The Morgan fingerprint density at radius 1 is 0.968 bits per heavy atom. The van der Waals surface area contributed by atoms with E-state index in [-0.39, 0.29) is 6.54 Å². The van der Waals surface area contributed by atoms with Gasteiger partial charge in [0.1, 0.15) is 23.6 Å². The van der Waals surface area contributed by atoms with E-state index in [4.69, 9.17) is 0 Å². The Hall–Kier alpha value is -2.90. The molecule has 0 amide bonds. The van der Waals surface area contributed by atoms with Crippen LogP contribution in [-0.2, 0) is 6.54 Å². The lowest BCUT2D eigenvalue weighted by molar-refractivity contribution is 0.212. The number of nitrogens with zero attached hydrogens (tertiary/aromatic N) is 3. The minimum absolute atomic E-state index is 0.289. The minimum atomic E-state index is -1.05. The quantitative estimate of drug-likeness (QED) is 0.662. The standard InChI is InChI=1S/C24H24F3N3O/c1-16-4-3-9-28-22(16)24(31)19-5-2-6-21(27)23(19)30-12-10-29(11-13-30)15-17-14-18(25)7-8-20(17)26/h2-9,14,24,31H,10-13,15H2,1H3. The van der Waals surface area contributed by atoms with Gasteiger partial charge in [-0.15, -0.1) is 0 Å². The van der Waals surface area contributed by atoms with E-state index in [1.54, 1.807) is 24.4 Å². The van der Waals surface area contributed by atoms with Crippen LogP contribution < -0.4 is 4.90 Å². The first-order chi connectivity index (χ1) is 14.9. The minimum Gasteiger partial charge on any atom is -0.382 e. The fraction of sp³-hybridized carbons (Fsp3) is 0.292. The molecule has 31 heavy (non-hydrogen) atoms. The second kappa shape index (κ2) is 9.08. The SMILES string of the molecule is Cc1cccnc1C(O)c1cccc(F)c1N1CCN(Cc2cc(F)ccc2F)CC1. The number of piperazine rings is 1. The zero-order chi connectivity index (χ0) is 22.0. The van der Waals surface area contributed by atoms with Crippen molar-refractivity contribution in [2.75, 3.05) is 31.1 Å². The molecule has 1 aliphatic heterocycles. The third-order valence-electron chi connectivity index (χ3n) is 5.71. The summed E-state index contributed by atoms with van der Waals surface area (Å²) in [5, 5.41) is 11.0. The van der Waals surface area contributed by atoms with Crippen LogP contribution in [0.5, 0.6) is 0 Å². The van der Waals surface area contributed by atoms with Gasteiger partial charge in [0.2, 0.25) is 0 Å². The summed E-state index contributed by atoms with van der Waals surface area (Å²) in [5.41, 5.74) is 2.45. The number of aliphatic hydroxyl groups is 1. The number of aliphatic hydroxyl groups excluding tert-OH is 1. The average Bonchev–Trinajstić information content (AvgIpc) is 2.77. The molecule has 162 valence electrons. The molecule has 0 radical (unpaired) electrons. The summed E-state index contributed by atoms with van der Waals surface area (Å²) in [4.78, 5) is 8.18. The number of aromatic nitrogens is 1. The van der Waals surface area contributed by atoms with Crippen LogP contribution in [0, 0.1) is 24.4 Å². The first kappa shape index (κ1) is 21.3. The topological polar surface area (TPSA) is 39.6 Å². The zero-order valence-electron chi connectivity index (χ0n) is 17.2. The molecule has 3 aromatic rings. The predicted molar refractivity (Wildman–Crippen MR) is 113 cm³/mol. The van der Waals surface area contributed by atoms with Crippen LogP contribution in [0.25, 0.3) is 0 Å². The summed E-state index contributed by atoms with van der Waals surface area (Å²) in [6.07, 6.45) is 0.556. The molecule has 2 aromatic carbocycles. The lowest BCUT2D eigenvalue weighted by atomic mass is 9.99. The molecule has 0 saturated carbocycles. The van der Waals surface area contributed by atoms with E-state index in [2.05, 4.69) is 4.98 Å². The number of anilines is 1. The molecular formula is C24H24F3N3O. The van der Waals surface area contributed by atoms with Crippen LogP contribution in [0.3, 0.4) is 0 Å². The maximum atomic E-state index is 14.9. The van der Waals surface area contributed by atoms with Crippen molar-refractivity contribution in [2.45, 2.75) is 19.6 Å². The molecule has 1 aromatic heterocycles. The highest BCUT2D eigenvalue weighted by molar-refractivity contribution is 5.58. The van der Waals surface area contributed by atoms with Gasteiger partial charge in [0, 0.05) is 50.0 Å². The van der Waals surface area contributed by atoms with E-state index < -0.39 is 23.6 Å². The molecule has 1 fully saturated rings. The maximum absolute atomic E-state index is 14.9. The molecule has 7 heteroatoms. The predicted octanol–water partition coefficient (Wildman–Crippen LogP) is 4.21. The van der Waals surface area contributed by atoms with E-state index in [9.17, 15) is 18.3 Å². The Morgan fingerprint density at radius 2 is 1.74 bits per heavy atom. The van der Waals surface area contributed by atoms with Gasteiger partial charge in [0.25, 0.3) is 0 Å². The molecule has 2 heterocycles. The van der Waals surface area contributed by atoms with Crippen molar-refractivity contribution in [1.29, 1.82) is 0 Å². The smallest absolute Gasteiger partial charge is 0.146 e. The Labute approximate surface area is 179 Å². The lowest BCUT2D eigenvalue weighted by Gasteiger charge is -2.37. The number of rotatable bonds is 5. The van der Waals surface area contributed by atoms with Crippen molar-refractivity contribution >= 4 is 5.69 Å². The van der Waals surface area contributed by atoms with E-state index in [0.717, 1.165) is 17.7 Å². The van der Waals surface area contributed by atoms with Crippen molar-refractivity contribution in [3.63, 3.8) is 0 Å². The Kier molecular flexibility index (Phi) is 6.25. The average molecular weight is 427 g/mol. The second-order valence-corrected chi connectivity index (χ2v) is 7.78. The van der Waals surface area contributed by atoms with E-state index in [0.29, 0.717) is 48.7 Å². The third-order valence-corrected chi connectivity index (χ3v) is 5.71. The molecule has 4 nitrogen and oxygen atoms in total. The molecule has 0 bridgehead atoms. The summed E-state index contributed by atoms with van der Waals surface area (Å²) in [6.45, 7) is 4.26. The highest BCUT2D eigenvalue weighted by atomic mass is 19.1. The fourth-order valence-corrected chi connectivity index (χ4v) is 4.05. The summed E-state index contributed by atoms with van der Waals surface area (Å²) in [7, 11) is 0. The molecule has 1 saturated heterocycles. The molecule has 0 aliphatic carbocycles. The van der Waals surface area contributed by atoms with Crippen LogP contribution in [0.4, 0.5) is 18.9 Å². The molecule has 1 atom stereocenters. The number of hydrogen-bond donors (Lipinski definition) is 1. The number of para-hydroxylation sites is 1. The van der Waals surface area contributed by atoms with Gasteiger partial charge in [0.05, 0.1) is 11.4 Å². The maximum Gasteiger partial charge on any atom is 0.146 e. The number of pyridine rings is 1. The van der Waals surface area contributed by atoms with Crippen LogP contribution >= 0.6 is 0 Å². The fourth-order valence-electron chi connectivity index (χ4n) is 4.05. The highest BCUT2D eigenvalue weighted by Crippen LogP contribution is 2.34. The van der Waals surface area contributed by atoms with Crippen molar-refractivity contribution < 1.29 is 18.3 Å². The van der Waals surface area contributed by atoms with Crippen LogP contribution in [-0.4, -0.2) is 41.2 Å². The molecular weight excluding hydrogens is 403 g/mol. The lowest BCUT2D eigenvalue weighted by Crippen LogP contribution is -2.46. The van der Waals surface area contributed by atoms with Gasteiger partial charge in [0.15, 0.2) is 0 Å². The van der Waals surface area contributed by atoms with Crippen LogP contribution in [0.2, 0.25) is 0 Å². The van der Waals surface area contributed by atoms with Gasteiger partial charge in [-0.1, -0.05) is 18.2 Å². The summed E-state index contributed by atoms with van der Waals surface area (Å²) in [5.74, 6) is -1.31. The molecule has 4 rings (SSSR count). The zero-order valence-corrected chi connectivity index (χ0v) is 17.2. The molecule has 1 N–H and O–H groups in total. The number of aryl methyl sites for hydroxylation is 1. The van der Waals surface area contributed by atoms with Crippen LogP contribution in [0.15, 0.2) is 54.7 Å².